The summed E-state index contributed by atoms with van der Waals surface area (Å²) in [7, 11) is 0. The number of benzene rings is 2. The van der Waals surface area contributed by atoms with E-state index in [1.165, 1.54) is 12.1 Å². The Morgan fingerprint density at radius 3 is 2.75 bits per heavy atom. The number of hydrogen-bond donors (Lipinski definition) is 1. The number of halogens is 2. The highest BCUT2D eigenvalue weighted by molar-refractivity contribution is 9.10. The molecule has 1 N–H and O–H groups in total. The Morgan fingerprint density at radius 1 is 1.25 bits per heavy atom. The third-order valence-electron chi connectivity index (χ3n) is 2.80. The number of carboxylic acids is 1. The summed E-state index contributed by atoms with van der Waals surface area (Å²) in [6.07, 6.45) is 0. The quantitative estimate of drug-likeness (QED) is 0.731. The first-order chi connectivity index (χ1) is 9.54. The highest BCUT2D eigenvalue weighted by atomic mass is 79.9. The summed E-state index contributed by atoms with van der Waals surface area (Å²) >= 11 is 9.35. The van der Waals surface area contributed by atoms with Crippen LogP contribution in [0.4, 0.5) is 0 Å². The Bertz CT molecular complexity index is 828. The molecule has 0 aliphatic carbocycles. The molecule has 6 heteroatoms. The number of hydrogen-bond acceptors (Lipinski definition) is 3. The number of aromatic nitrogens is 1. The summed E-state index contributed by atoms with van der Waals surface area (Å²) in [5.74, 6) is -0.597. The van der Waals surface area contributed by atoms with Gasteiger partial charge in [0.05, 0.1) is 10.6 Å². The van der Waals surface area contributed by atoms with Crippen LogP contribution in [0.1, 0.15) is 10.4 Å². The monoisotopic (exact) mass is 351 g/mol. The smallest absolute Gasteiger partial charge is 0.335 e. The number of nitrogens with zero attached hydrogens (tertiary/aromatic N) is 1. The molecule has 0 bridgehead atoms. The number of aromatic carboxylic acids is 1. The Hall–Kier alpha value is -1.85. The molecule has 0 atom stereocenters. The summed E-state index contributed by atoms with van der Waals surface area (Å²) in [5, 5.41) is 9.51. The van der Waals surface area contributed by atoms with Gasteiger partial charge in [-0.1, -0.05) is 11.6 Å². The number of carbonyl (C=O) groups is 1. The van der Waals surface area contributed by atoms with Crippen molar-refractivity contribution in [1.82, 2.24) is 4.98 Å². The molecule has 0 aliphatic rings. The van der Waals surface area contributed by atoms with Crippen molar-refractivity contribution in [2.24, 2.45) is 0 Å². The van der Waals surface area contributed by atoms with Gasteiger partial charge in [0.25, 0.3) is 0 Å². The minimum absolute atomic E-state index is 0.172. The zero-order chi connectivity index (χ0) is 14.3. The van der Waals surface area contributed by atoms with Crippen LogP contribution in [0.25, 0.3) is 22.6 Å². The Balaban J connectivity index is 2.12. The molecular weight excluding hydrogens is 346 g/mol. The van der Waals surface area contributed by atoms with E-state index in [0.29, 0.717) is 22.0 Å². The fourth-order valence-electron chi connectivity index (χ4n) is 1.81. The van der Waals surface area contributed by atoms with Gasteiger partial charge >= 0.3 is 5.97 Å². The van der Waals surface area contributed by atoms with Crippen molar-refractivity contribution in [1.29, 1.82) is 0 Å². The topological polar surface area (TPSA) is 63.3 Å². The molecule has 2 aromatic carbocycles. The second-order valence-corrected chi connectivity index (χ2v) is 5.40. The van der Waals surface area contributed by atoms with Gasteiger partial charge in [-0.2, -0.15) is 0 Å². The largest absolute Gasteiger partial charge is 0.478 e. The van der Waals surface area contributed by atoms with E-state index in [-0.39, 0.29) is 5.56 Å². The molecule has 0 spiro atoms. The van der Waals surface area contributed by atoms with E-state index >= 15 is 0 Å². The molecule has 0 saturated heterocycles. The summed E-state index contributed by atoms with van der Waals surface area (Å²) in [5.41, 5.74) is 1.93. The molecule has 100 valence electrons. The van der Waals surface area contributed by atoms with Gasteiger partial charge in [0.15, 0.2) is 5.58 Å². The van der Waals surface area contributed by atoms with E-state index in [0.717, 1.165) is 10.0 Å². The minimum atomic E-state index is -0.997. The van der Waals surface area contributed by atoms with Crippen LogP contribution in [0.15, 0.2) is 45.3 Å². The van der Waals surface area contributed by atoms with Gasteiger partial charge in [-0.05, 0) is 52.3 Å². The van der Waals surface area contributed by atoms with Gasteiger partial charge in [0, 0.05) is 10.0 Å². The van der Waals surface area contributed by atoms with Gasteiger partial charge in [0.2, 0.25) is 5.89 Å². The molecule has 0 amide bonds. The lowest BCUT2D eigenvalue weighted by molar-refractivity contribution is 0.0697. The van der Waals surface area contributed by atoms with E-state index in [9.17, 15) is 4.79 Å². The number of oxazole rings is 1. The van der Waals surface area contributed by atoms with Crippen molar-refractivity contribution in [3.63, 3.8) is 0 Å². The van der Waals surface area contributed by atoms with E-state index in [2.05, 4.69) is 20.9 Å². The van der Waals surface area contributed by atoms with Crippen molar-refractivity contribution in [3.05, 3.63) is 51.5 Å². The van der Waals surface area contributed by atoms with Crippen molar-refractivity contribution in [2.75, 3.05) is 0 Å². The lowest BCUT2D eigenvalue weighted by atomic mass is 10.2. The molecule has 0 aliphatic heterocycles. The number of carboxylic acid groups (broad SMARTS) is 1. The molecule has 1 heterocycles. The molecule has 3 aromatic rings. The molecule has 0 unspecified atom stereocenters. The lowest BCUT2D eigenvalue weighted by Crippen LogP contribution is -1.94. The fraction of sp³-hybridized carbons (Fsp3) is 0. The zero-order valence-corrected chi connectivity index (χ0v) is 12.3. The average Bonchev–Trinajstić information content (AvgIpc) is 2.84. The van der Waals surface area contributed by atoms with Crippen LogP contribution in [0.3, 0.4) is 0 Å². The van der Waals surface area contributed by atoms with Crippen molar-refractivity contribution in [3.8, 4) is 11.5 Å². The standard InChI is InChI=1S/C14H7BrClNO3/c15-9-3-1-7(5-10(9)16)13-17-11-6-8(14(18)19)2-4-12(11)20-13/h1-6H,(H,18,19). The van der Waals surface area contributed by atoms with Gasteiger partial charge in [-0.25, -0.2) is 9.78 Å². The maximum absolute atomic E-state index is 10.9. The van der Waals surface area contributed by atoms with Crippen LogP contribution in [-0.2, 0) is 0 Å². The molecule has 20 heavy (non-hydrogen) atoms. The minimum Gasteiger partial charge on any atom is -0.478 e. The Labute approximate surface area is 127 Å². The molecule has 0 fully saturated rings. The molecule has 0 saturated carbocycles. The van der Waals surface area contributed by atoms with Crippen LogP contribution < -0.4 is 0 Å². The highest BCUT2D eigenvalue weighted by Crippen LogP contribution is 2.30. The molecule has 0 radical (unpaired) electrons. The Kier molecular flexibility index (Phi) is 3.23. The maximum atomic E-state index is 10.9. The van der Waals surface area contributed by atoms with E-state index in [1.807, 2.05) is 6.07 Å². The first-order valence-electron chi connectivity index (χ1n) is 5.64. The van der Waals surface area contributed by atoms with Crippen LogP contribution in [0, 0.1) is 0 Å². The second-order valence-electron chi connectivity index (χ2n) is 4.14. The van der Waals surface area contributed by atoms with Crippen molar-refractivity contribution in [2.45, 2.75) is 0 Å². The second kappa shape index (κ2) is 4.92. The highest BCUT2D eigenvalue weighted by Gasteiger charge is 2.12. The van der Waals surface area contributed by atoms with Crippen LogP contribution in [-0.4, -0.2) is 16.1 Å². The van der Waals surface area contributed by atoms with Gasteiger partial charge in [-0.3, -0.25) is 0 Å². The normalized spacial score (nSPS) is 10.9. The van der Waals surface area contributed by atoms with Gasteiger partial charge in [0.1, 0.15) is 5.52 Å². The fourth-order valence-corrected chi connectivity index (χ4v) is 2.24. The molecular formula is C14H7BrClNO3. The lowest BCUT2D eigenvalue weighted by Gasteiger charge is -1.98. The van der Waals surface area contributed by atoms with E-state index in [1.54, 1.807) is 18.2 Å². The maximum Gasteiger partial charge on any atom is 0.335 e. The summed E-state index contributed by atoms with van der Waals surface area (Å²) < 4.78 is 6.39. The molecule has 4 nitrogen and oxygen atoms in total. The predicted molar refractivity (Wildman–Crippen MR) is 79.1 cm³/mol. The first-order valence-corrected chi connectivity index (χ1v) is 6.81. The van der Waals surface area contributed by atoms with Crippen LogP contribution in [0.5, 0.6) is 0 Å². The van der Waals surface area contributed by atoms with Crippen LogP contribution >= 0.6 is 27.5 Å². The molecule has 1 aromatic heterocycles. The SMILES string of the molecule is O=C(O)c1ccc2oc(-c3ccc(Br)c(Cl)c3)nc2c1. The van der Waals surface area contributed by atoms with Crippen LogP contribution in [0.2, 0.25) is 5.02 Å². The summed E-state index contributed by atoms with van der Waals surface area (Å²) in [6, 6.07) is 9.90. The molecule has 3 rings (SSSR count). The van der Waals surface area contributed by atoms with Crippen molar-refractivity contribution < 1.29 is 14.3 Å². The third-order valence-corrected chi connectivity index (χ3v) is 4.03. The summed E-state index contributed by atoms with van der Waals surface area (Å²) in [6.45, 7) is 0. The Morgan fingerprint density at radius 2 is 2.05 bits per heavy atom. The number of fused-ring (bicyclic) bond motifs is 1. The third kappa shape index (κ3) is 2.30. The predicted octanol–water partition coefficient (Wildman–Crippen LogP) is 4.61. The summed E-state index contributed by atoms with van der Waals surface area (Å²) in [4.78, 5) is 15.2. The van der Waals surface area contributed by atoms with E-state index in [4.69, 9.17) is 21.1 Å². The average molecular weight is 353 g/mol. The first kappa shape index (κ1) is 13.1. The zero-order valence-electron chi connectivity index (χ0n) is 9.93. The van der Waals surface area contributed by atoms with Crippen molar-refractivity contribution >= 4 is 44.6 Å². The van der Waals surface area contributed by atoms with Gasteiger partial charge < -0.3 is 9.52 Å². The van der Waals surface area contributed by atoms with E-state index < -0.39 is 5.97 Å². The number of rotatable bonds is 2. The van der Waals surface area contributed by atoms with Gasteiger partial charge in [-0.15, -0.1) is 0 Å².